The zero-order valence-electron chi connectivity index (χ0n) is 11.6. The minimum atomic E-state index is 0.453. The fourth-order valence-corrected chi connectivity index (χ4v) is 2.89. The number of hydrogen-bond donors (Lipinski definition) is 1. The molecule has 18 heavy (non-hydrogen) atoms. The molecule has 1 saturated carbocycles. The smallest absolute Gasteiger partial charge is 0.160 e. The van der Waals surface area contributed by atoms with Crippen LogP contribution in [0.3, 0.4) is 0 Å². The highest BCUT2D eigenvalue weighted by Gasteiger charge is 2.36. The summed E-state index contributed by atoms with van der Waals surface area (Å²) in [6.07, 6.45) is 5.12. The van der Waals surface area contributed by atoms with E-state index < -0.39 is 0 Å². The lowest BCUT2D eigenvalue weighted by molar-refractivity contribution is 0.133. The molecular formula is C15H23NO2. The molecule has 1 aliphatic carbocycles. The zero-order chi connectivity index (χ0) is 13.0. The monoisotopic (exact) mass is 249 g/mol. The van der Waals surface area contributed by atoms with E-state index >= 15 is 0 Å². The van der Waals surface area contributed by atoms with Crippen molar-refractivity contribution in [1.82, 2.24) is 5.32 Å². The lowest BCUT2D eigenvalue weighted by Gasteiger charge is -2.42. The average Bonchev–Trinajstić information content (AvgIpc) is 2.36. The minimum absolute atomic E-state index is 0.453. The number of benzene rings is 1. The molecule has 0 atom stereocenters. The van der Waals surface area contributed by atoms with Gasteiger partial charge in [-0.25, -0.2) is 0 Å². The second-order valence-corrected chi connectivity index (χ2v) is 5.25. The van der Waals surface area contributed by atoms with Gasteiger partial charge in [-0.15, -0.1) is 0 Å². The first kappa shape index (κ1) is 13.2. The fraction of sp³-hybridized carbons (Fsp3) is 0.600. The molecule has 0 aliphatic heterocycles. The molecule has 1 aromatic rings. The lowest BCUT2D eigenvalue weighted by atomic mass is 9.65. The Hall–Kier alpha value is -1.22. The first-order valence-corrected chi connectivity index (χ1v) is 6.58. The van der Waals surface area contributed by atoms with Crippen LogP contribution in [0.5, 0.6) is 11.5 Å². The van der Waals surface area contributed by atoms with Crippen LogP contribution in [0.1, 0.15) is 24.8 Å². The summed E-state index contributed by atoms with van der Waals surface area (Å²) >= 11 is 0. The quantitative estimate of drug-likeness (QED) is 0.840. The second-order valence-electron chi connectivity index (χ2n) is 5.25. The molecule has 0 amide bonds. The molecule has 1 aliphatic rings. The van der Waals surface area contributed by atoms with Gasteiger partial charge in [0.2, 0.25) is 0 Å². The van der Waals surface area contributed by atoms with Crippen LogP contribution in [0.2, 0.25) is 0 Å². The van der Waals surface area contributed by atoms with Crippen molar-refractivity contribution in [3.05, 3.63) is 23.8 Å². The summed E-state index contributed by atoms with van der Waals surface area (Å²) in [6.45, 7) is 1.10. The van der Waals surface area contributed by atoms with Crippen LogP contribution in [0.4, 0.5) is 0 Å². The highest BCUT2D eigenvalue weighted by Crippen LogP contribution is 2.44. The maximum atomic E-state index is 5.36. The summed E-state index contributed by atoms with van der Waals surface area (Å²) in [5.41, 5.74) is 1.79. The Balaban J connectivity index is 2.13. The normalized spacial score (nSPS) is 17.1. The van der Waals surface area contributed by atoms with Crippen LogP contribution in [-0.2, 0) is 6.42 Å². The van der Waals surface area contributed by atoms with Crippen LogP contribution in [0.15, 0.2) is 18.2 Å². The first-order valence-electron chi connectivity index (χ1n) is 6.58. The molecule has 0 spiro atoms. The van der Waals surface area contributed by atoms with Gasteiger partial charge in [-0.3, -0.25) is 0 Å². The van der Waals surface area contributed by atoms with Crippen LogP contribution in [-0.4, -0.2) is 27.8 Å². The van der Waals surface area contributed by atoms with E-state index in [9.17, 15) is 0 Å². The van der Waals surface area contributed by atoms with Crippen molar-refractivity contribution in [2.45, 2.75) is 25.7 Å². The van der Waals surface area contributed by atoms with E-state index in [2.05, 4.69) is 17.4 Å². The fourth-order valence-electron chi connectivity index (χ4n) is 2.89. The average molecular weight is 249 g/mol. The predicted molar refractivity (Wildman–Crippen MR) is 73.5 cm³/mol. The molecule has 3 nitrogen and oxygen atoms in total. The van der Waals surface area contributed by atoms with E-state index in [1.165, 1.54) is 24.8 Å². The van der Waals surface area contributed by atoms with Crippen molar-refractivity contribution in [2.24, 2.45) is 5.41 Å². The molecular weight excluding hydrogens is 226 g/mol. The summed E-state index contributed by atoms with van der Waals surface area (Å²) in [4.78, 5) is 0. The van der Waals surface area contributed by atoms with Crippen molar-refractivity contribution >= 4 is 0 Å². The molecule has 0 unspecified atom stereocenters. The van der Waals surface area contributed by atoms with E-state index in [0.717, 1.165) is 24.5 Å². The summed E-state index contributed by atoms with van der Waals surface area (Å²) in [5, 5.41) is 3.33. The van der Waals surface area contributed by atoms with Crippen molar-refractivity contribution in [1.29, 1.82) is 0 Å². The summed E-state index contributed by atoms with van der Waals surface area (Å²) < 4.78 is 10.6. The Labute approximate surface area is 109 Å². The maximum Gasteiger partial charge on any atom is 0.160 e. The molecule has 1 fully saturated rings. The Morgan fingerprint density at radius 3 is 2.39 bits per heavy atom. The van der Waals surface area contributed by atoms with Gasteiger partial charge in [0.15, 0.2) is 11.5 Å². The molecule has 2 rings (SSSR count). The SMILES string of the molecule is CNCC1(Cc2ccc(OC)c(OC)c2)CCC1. The molecule has 1 aromatic carbocycles. The van der Waals surface area contributed by atoms with Gasteiger partial charge in [0.05, 0.1) is 14.2 Å². The highest BCUT2D eigenvalue weighted by atomic mass is 16.5. The van der Waals surface area contributed by atoms with Crippen molar-refractivity contribution < 1.29 is 9.47 Å². The van der Waals surface area contributed by atoms with Gasteiger partial charge in [0.1, 0.15) is 0 Å². The third-order valence-corrected chi connectivity index (χ3v) is 3.99. The Morgan fingerprint density at radius 1 is 1.17 bits per heavy atom. The Kier molecular flexibility index (Phi) is 4.12. The number of rotatable bonds is 6. The van der Waals surface area contributed by atoms with Crippen molar-refractivity contribution in [3.8, 4) is 11.5 Å². The number of ether oxygens (including phenoxy) is 2. The third-order valence-electron chi connectivity index (χ3n) is 3.99. The van der Waals surface area contributed by atoms with Crippen molar-refractivity contribution in [2.75, 3.05) is 27.8 Å². The Bertz CT molecular complexity index is 399. The van der Waals surface area contributed by atoms with Crippen LogP contribution in [0.25, 0.3) is 0 Å². The van der Waals surface area contributed by atoms with E-state index in [0.29, 0.717) is 5.41 Å². The molecule has 100 valence electrons. The topological polar surface area (TPSA) is 30.5 Å². The van der Waals surface area contributed by atoms with Crippen LogP contribution >= 0.6 is 0 Å². The molecule has 0 radical (unpaired) electrons. The van der Waals surface area contributed by atoms with Gasteiger partial charge >= 0.3 is 0 Å². The zero-order valence-corrected chi connectivity index (χ0v) is 11.6. The minimum Gasteiger partial charge on any atom is -0.493 e. The van der Waals surface area contributed by atoms with Crippen LogP contribution in [0, 0.1) is 5.41 Å². The summed E-state index contributed by atoms with van der Waals surface area (Å²) in [6, 6.07) is 6.26. The molecule has 0 aromatic heterocycles. The van der Waals surface area contributed by atoms with E-state index in [-0.39, 0.29) is 0 Å². The standard InChI is InChI=1S/C15H23NO2/c1-16-11-15(7-4-8-15)10-12-5-6-13(17-2)14(9-12)18-3/h5-6,9,16H,4,7-8,10-11H2,1-3H3. The molecule has 1 N–H and O–H groups in total. The van der Waals surface area contributed by atoms with Crippen molar-refractivity contribution in [3.63, 3.8) is 0 Å². The van der Waals surface area contributed by atoms with Gasteiger partial charge in [0, 0.05) is 6.54 Å². The highest BCUT2D eigenvalue weighted by molar-refractivity contribution is 5.43. The number of nitrogens with one attached hydrogen (secondary N) is 1. The van der Waals surface area contributed by atoms with Gasteiger partial charge in [-0.2, -0.15) is 0 Å². The van der Waals surface area contributed by atoms with Gasteiger partial charge in [-0.1, -0.05) is 12.5 Å². The molecule has 0 heterocycles. The number of methoxy groups -OCH3 is 2. The largest absolute Gasteiger partial charge is 0.493 e. The molecule has 0 saturated heterocycles. The Morgan fingerprint density at radius 2 is 1.89 bits per heavy atom. The summed E-state index contributed by atoms with van der Waals surface area (Å²) in [7, 11) is 5.40. The van der Waals surface area contributed by atoms with Gasteiger partial charge in [0.25, 0.3) is 0 Å². The lowest BCUT2D eigenvalue weighted by Crippen LogP contribution is -2.40. The maximum absolute atomic E-state index is 5.36. The second kappa shape index (κ2) is 5.61. The van der Waals surface area contributed by atoms with E-state index in [4.69, 9.17) is 9.47 Å². The van der Waals surface area contributed by atoms with E-state index in [1.54, 1.807) is 14.2 Å². The summed E-state index contributed by atoms with van der Waals surface area (Å²) in [5.74, 6) is 1.63. The number of hydrogen-bond acceptors (Lipinski definition) is 3. The van der Waals surface area contributed by atoms with E-state index in [1.807, 2.05) is 13.1 Å². The van der Waals surface area contributed by atoms with Gasteiger partial charge in [-0.05, 0) is 49.4 Å². The van der Waals surface area contributed by atoms with Crippen LogP contribution < -0.4 is 14.8 Å². The molecule has 0 bridgehead atoms. The first-order chi connectivity index (χ1) is 8.73. The predicted octanol–water partition coefficient (Wildman–Crippen LogP) is 2.64. The third kappa shape index (κ3) is 2.61. The molecule has 3 heteroatoms. The van der Waals surface area contributed by atoms with Gasteiger partial charge < -0.3 is 14.8 Å².